The third-order valence-corrected chi connectivity index (χ3v) is 3.89. The number of hydrogen-bond acceptors (Lipinski definition) is 4. The first-order valence-corrected chi connectivity index (χ1v) is 7.51. The van der Waals surface area contributed by atoms with Gasteiger partial charge in [-0.05, 0) is 32.9 Å². The fourth-order valence-electron chi connectivity index (χ4n) is 2.62. The quantitative estimate of drug-likeness (QED) is 0.855. The molecule has 2 atom stereocenters. The summed E-state index contributed by atoms with van der Waals surface area (Å²) in [6.07, 6.45) is 0.0425. The van der Waals surface area contributed by atoms with Crippen LogP contribution in [0.3, 0.4) is 0 Å². The van der Waals surface area contributed by atoms with Crippen LogP contribution in [0.5, 0.6) is 0 Å². The second-order valence-corrected chi connectivity index (χ2v) is 5.74. The van der Waals surface area contributed by atoms with Gasteiger partial charge in [0.25, 0.3) is 5.91 Å². The zero-order chi connectivity index (χ0) is 15.7. The summed E-state index contributed by atoms with van der Waals surface area (Å²) in [7, 11) is 0. The maximum atomic E-state index is 12.8. The molecule has 0 bridgehead atoms. The monoisotopic (exact) mass is 300 g/mol. The average Bonchev–Trinajstić information content (AvgIpc) is 2.92. The fraction of sp³-hybridized carbons (Fsp3) is 0.412. The van der Waals surface area contributed by atoms with Gasteiger partial charge in [-0.25, -0.2) is 4.98 Å². The maximum Gasteiger partial charge on any atom is 0.276 e. The van der Waals surface area contributed by atoms with E-state index in [1.165, 1.54) is 0 Å². The molecule has 1 aliphatic heterocycles. The van der Waals surface area contributed by atoms with E-state index in [9.17, 15) is 4.79 Å². The van der Waals surface area contributed by atoms with E-state index < -0.39 is 0 Å². The highest BCUT2D eigenvalue weighted by atomic mass is 16.5. The Morgan fingerprint density at radius 3 is 2.73 bits per heavy atom. The molecule has 5 heteroatoms. The van der Waals surface area contributed by atoms with Crippen LogP contribution in [0.2, 0.25) is 0 Å². The Morgan fingerprint density at radius 2 is 2.00 bits per heavy atom. The Hall–Kier alpha value is -2.14. The van der Waals surface area contributed by atoms with E-state index in [1.54, 1.807) is 6.92 Å². The number of amides is 1. The van der Waals surface area contributed by atoms with Crippen LogP contribution < -0.4 is 0 Å². The molecule has 22 heavy (non-hydrogen) atoms. The van der Waals surface area contributed by atoms with Gasteiger partial charge in [0.2, 0.25) is 5.89 Å². The first kappa shape index (κ1) is 14.8. The molecule has 0 spiro atoms. The SMILES string of the molecule is Cc1oc(-c2ccccc2)nc1C(=O)N1CC(C)OCC1C. The van der Waals surface area contributed by atoms with Gasteiger partial charge in [0, 0.05) is 12.1 Å². The van der Waals surface area contributed by atoms with Crippen molar-refractivity contribution in [3.63, 3.8) is 0 Å². The standard InChI is InChI=1S/C17H20N2O3/c1-11-10-21-12(2)9-19(11)17(20)15-13(3)22-16(18-15)14-7-5-4-6-8-14/h4-8,11-12H,9-10H2,1-3H3. The Kier molecular flexibility index (Phi) is 3.98. The van der Waals surface area contributed by atoms with Crippen molar-refractivity contribution < 1.29 is 13.9 Å². The van der Waals surface area contributed by atoms with Crippen molar-refractivity contribution in [3.8, 4) is 11.5 Å². The Balaban J connectivity index is 1.88. The smallest absolute Gasteiger partial charge is 0.276 e. The second-order valence-electron chi connectivity index (χ2n) is 5.74. The molecule has 2 heterocycles. The molecule has 116 valence electrons. The van der Waals surface area contributed by atoms with E-state index >= 15 is 0 Å². The van der Waals surface area contributed by atoms with Crippen LogP contribution in [0, 0.1) is 6.92 Å². The topological polar surface area (TPSA) is 55.6 Å². The predicted molar refractivity (Wildman–Crippen MR) is 82.6 cm³/mol. The van der Waals surface area contributed by atoms with E-state index in [4.69, 9.17) is 9.15 Å². The van der Waals surface area contributed by atoms with Crippen molar-refractivity contribution in [2.45, 2.75) is 32.9 Å². The minimum absolute atomic E-state index is 0.0416. The van der Waals surface area contributed by atoms with E-state index in [1.807, 2.05) is 49.1 Å². The van der Waals surface area contributed by atoms with Gasteiger partial charge in [-0.15, -0.1) is 0 Å². The molecule has 2 unspecified atom stereocenters. The summed E-state index contributed by atoms with van der Waals surface area (Å²) in [5.74, 6) is 0.941. The van der Waals surface area contributed by atoms with E-state index in [2.05, 4.69) is 4.98 Å². The van der Waals surface area contributed by atoms with Crippen molar-refractivity contribution in [3.05, 3.63) is 41.8 Å². The zero-order valence-electron chi connectivity index (χ0n) is 13.1. The maximum absolute atomic E-state index is 12.8. The van der Waals surface area contributed by atoms with Crippen LogP contribution in [0.4, 0.5) is 0 Å². The number of aromatic nitrogens is 1. The number of carbonyl (C=O) groups excluding carboxylic acids is 1. The molecule has 1 aromatic heterocycles. The molecule has 0 N–H and O–H groups in total. The molecule has 2 aromatic rings. The number of aryl methyl sites for hydroxylation is 1. The first-order valence-electron chi connectivity index (χ1n) is 7.51. The molecule has 1 fully saturated rings. The highest BCUT2D eigenvalue weighted by Gasteiger charge is 2.31. The van der Waals surface area contributed by atoms with Gasteiger partial charge in [0.15, 0.2) is 5.69 Å². The van der Waals surface area contributed by atoms with Gasteiger partial charge >= 0.3 is 0 Å². The lowest BCUT2D eigenvalue weighted by molar-refractivity contribution is -0.0389. The van der Waals surface area contributed by atoms with Crippen LogP contribution >= 0.6 is 0 Å². The molecular weight excluding hydrogens is 280 g/mol. The average molecular weight is 300 g/mol. The number of ether oxygens (including phenoxy) is 1. The highest BCUT2D eigenvalue weighted by Crippen LogP contribution is 2.23. The largest absolute Gasteiger partial charge is 0.441 e. The molecule has 1 aromatic carbocycles. The van der Waals surface area contributed by atoms with Crippen LogP contribution in [-0.2, 0) is 4.74 Å². The first-order chi connectivity index (χ1) is 10.6. The summed E-state index contributed by atoms with van der Waals surface area (Å²) in [6, 6.07) is 9.64. The van der Waals surface area contributed by atoms with Crippen LogP contribution in [0.15, 0.2) is 34.7 Å². The summed E-state index contributed by atoms with van der Waals surface area (Å²) < 4.78 is 11.3. The van der Waals surface area contributed by atoms with E-state index in [0.717, 1.165) is 5.56 Å². The Labute approximate surface area is 129 Å². The number of rotatable bonds is 2. The van der Waals surface area contributed by atoms with Gasteiger partial charge in [-0.3, -0.25) is 4.79 Å². The van der Waals surface area contributed by atoms with Gasteiger partial charge in [0.1, 0.15) is 5.76 Å². The molecule has 1 amide bonds. The lowest BCUT2D eigenvalue weighted by Crippen LogP contribution is -2.50. The Bertz CT molecular complexity index is 666. The van der Waals surface area contributed by atoms with Crippen molar-refractivity contribution >= 4 is 5.91 Å². The number of benzene rings is 1. The van der Waals surface area contributed by atoms with Gasteiger partial charge in [-0.1, -0.05) is 18.2 Å². The molecule has 0 aliphatic carbocycles. The lowest BCUT2D eigenvalue weighted by atomic mass is 10.2. The predicted octanol–water partition coefficient (Wildman–Crippen LogP) is 2.90. The second kappa shape index (κ2) is 5.93. The molecule has 1 aliphatic rings. The third-order valence-electron chi connectivity index (χ3n) is 3.89. The van der Waals surface area contributed by atoms with Gasteiger partial charge in [-0.2, -0.15) is 0 Å². The number of nitrogens with zero attached hydrogens (tertiary/aromatic N) is 2. The Morgan fingerprint density at radius 1 is 1.27 bits per heavy atom. The molecule has 0 saturated carbocycles. The molecule has 0 radical (unpaired) electrons. The van der Waals surface area contributed by atoms with Crippen LogP contribution in [-0.4, -0.2) is 41.1 Å². The van der Waals surface area contributed by atoms with Crippen molar-refractivity contribution in [2.24, 2.45) is 0 Å². The fourth-order valence-corrected chi connectivity index (χ4v) is 2.62. The minimum atomic E-state index is -0.0916. The molecule has 1 saturated heterocycles. The molecule has 5 nitrogen and oxygen atoms in total. The number of carbonyl (C=O) groups is 1. The number of hydrogen-bond donors (Lipinski definition) is 0. The van der Waals surface area contributed by atoms with Crippen LogP contribution in [0.1, 0.15) is 30.1 Å². The van der Waals surface area contributed by atoms with Crippen molar-refractivity contribution in [1.82, 2.24) is 9.88 Å². The minimum Gasteiger partial charge on any atom is -0.441 e. The summed E-state index contributed by atoms with van der Waals surface area (Å²) in [5.41, 5.74) is 1.26. The summed E-state index contributed by atoms with van der Waals surface area (Å²) in [5, 5.41) is 0. The highest BCUT2D eigenvalue weighted by molar-refractivity contribution is 5.94. The summed E-state index contributed by atoms with van der Waals surface area (Å²) in [6.45, 7) is 6.86. The normalized spacial score (nSPS) is 21.9. The number of morpholine rings is 1. The number of oxazole rings is 1. The third kappa shape index (κ3) is 2.76. The van der Waals surface area contributed by atoms with E-state index in [0.29, 0.717) is 30.5 Å². The van der Waals surface area contributed by atoms with Gasteiger partial charge in [0.05, 0.1) is 18.8 Å². The summed E-state index contributed by atoms with van der Waals surface area (Å²) in [4.78, 5) is 19.0. The van der Waals surface area contributed by atoms with Crippen LogP contribution in [0.25, 0.3) is 11.5 Å². The van der Waals surface area contributed by atoms with E-state index in [-0.39, 0.29) is 18.1 Å². The molecule has 3 rings (SSSR count). The lowest BCUT2D eigenvalue weighted by Gasteiger charge is -2.36. The zero-order valence-corrected chi connectivity index (χ0v) is 13.1. The van der Waals surface area contributed by atoms with Crippen molar-refractivity contribution in [2.75, 3.05) is 13.2 Å². The van der Waals surface area contributed by atoms with Gasteiger partial charge < -0.3 is 14.1 Å². The summed E-state index contributed by atoms with van der Waals surface area (Å²) >= 11 is 0. The van der Waals surface area contributed by atoms with Crippen molar-refractivity contribution in [1.29, 1.82) is 0 Å². The molecular formula is C17H20N2O3.